The van der Waals surface area contributed by atoms with Crippen LogP contribution in [0.4, 0.5) is 24.8 Å². The number of nitrogens with one attached hydrogen (secondary N) is 2. The molecule has 198 valence electrons. The van der Waals surface area contributed by atoms with E-state index in [2.05, 4.69) is 66.0 Å². The van der Waals surface area contributed by atoms with E-state index in [0.717, 1.165) is 37.4 Å². The van der Waals surface area contributed by atoms with Gasteiger partial charge in [-0.3, -0.25) is 4.79 Å². The molecule has 2 N–H and O–H groups in total. The average molecular weight is 508 g/mol. The number of amides is 1. The van der Waals surface area contributed by atoms with Crippen molar-refractivity contribution in [1.29, 1.82) is 0 Å². The molecular formula is C25H36F3N7O. The molecule has 1 atom stereocenters. The number of fused-ring (bicyclic) bond motifs is 1. The predicted octanol–water partition coefficient (Wildman–Crippen LogP) is 4.56. The van der Waals surface area contributed by atoms with E-state index in [0.29, 0.717) is 19.0 Å². The van der Waals surface area contributed by atoms with Gasteiger partial charge in [-0.2, -0.15) is 13.2 Å². The van der Waals surface area contributed by atoms with E-state index in [4.69, 9.17) is 4.98 Å². The number of halogens is 3. The molecule has 8 nitrogen and oxygen atoms in total. The number of anilines is 2. The number of carbonyl (C=O) groups is 1. The fraction of sp³-hybridized carbons (Fsp3) is 0.680. The highest BCUT2D eigenvalue weighted by atomic mass is 19.4. The second-order valence-electron chi connectivity index (χ2n) is 11.1. The van der Waals surface area contributed by atoms with Gasteiger partial charge in [0, 0.05) is 50.3 Å². The van der Waals surface area contributed by atoms with Crippen LogP contribution in [0.2, 0.25) is 0 Å². The first-order chi connectivity index (χ1) is 16.8. The smallest absolute Gasteiger partial charge is 0.356 e. The highest BCUT2D eigenvalue weighted by molar-refractivity contribution is 5.94. The number of hydrogen-bond acceptors (Lipinski definition) is 6. The van der Waals surface area contributed by atoms with Crippen LogP contribution in [0.25, 0.3) is 0 Å². The van der Waals surface area contributed by atoms with Crippen molar-refractivity contribution in [1.82, 2.24) is 24.8 Å². The number of rotatable bonds is 6. The first-order valence-electron chi connectivity index (χ1n) is 12.6. The molecule has 1 fully saturated rings. The topological polar surface area (TPSA) is 88.0 Å². The zero-order valence-electron chi connectivity index (χ0n) is 21.6. The molecule has 2 aliphatic heterocycles. The summed E-state index contributed by atoms with van der Waals surface area (Å²) in [7, 11) is 0. The highest BCUT2D eigenvalue weighted by Crippen LogP contribution is 2.46. The second kappa shape index (κ2) is 9.99. The molecule has 2 aliphatic rings. The summed E-state index contributed by atoms with van der Waals surface area (Å²) in [4.78, 5) is 26.9. The van der Waals surface area contributed by atoms with E-state index in [-0.39, 0.29) is 28.7 Å². The van der Waals surface area contributed by atoms with E-state index < -0.39 is 24.4 Å². The first-order valence-corrected chi connectivity index (χ1v) is 12.6. The maximum atomic E-state index is 13.8. The molecule has 1 saturated heterocycles. The third kappa shape index (κ3) is 5.82. The van der Waals surface area contributed by atoms with Crippen LogP contribution in [-0.4, -0.2) is 56.8 Å². The minimum atomic E-state index is -4.55. The Kier molecular flexibility index (Phi) is 7.32. The summed E-state index contributed by atoms with van der Waals surface area (Å²) in [6.45, 7) is 13.4. The van der Waals surface area contributed by atoms with Crippen molar-refractivity contribution in [2.45, 2.75) is 89.9 Å². The summed E-state index contributed by atoms with van der Waals surface area (Å²) >= 11 is 0. The largest absolute Gasteiger partial charge is 0.396 e. The van der Waals surface area contributed by atoms with Gasteiger partial charge in [0.1, 0.15) is 23.8 Å². The Balaban J connectivity index is 1.53. The van der Waals surface area contributed by atoms with Gasteiger partial charge in [-0.25, -0.2) is 15.0 Å². The van der Waals surface area contributed by atoms with Crippen molar-refractivity contribution < 1.29 is 18.0 Å². The minimum absolute atomic E-state index is 0.0252. The monoisotopic (exact) mass is 507 g/mol. The van der Waals surface area contributed by atoms with Crippen LogP contribution in [0, 0.1) is 0 Å². The molecule has 0 bridgehead atoms. The maximum absolute atomic E-state index is 13.8. The van der Waals surface area contributed by atoms with E-state index in [1.807, 2.05) is 4.90 Å². The Hall–Kier alpha value is -2.69. The van der Waals surface area contributed by atoms with Crippen LogP contribution in [0.3, 0.4) is 0 Å². The number of aromatic nitrogens is 4. The summed E-state index contributed by atoms with van der Waals surface area (Å²) < 4.78 is 43.8. The van der Waals surface area contributed by atoms with E-state index >= 15 is 0 Å². The van der Waals surface area contributed by atoms with Crippen LogP contribution in [-0.2, 0) is 11.3 Å². The lowest BCUT2D eigenvalue weighted by atomic mass is 9.90. The Morgan fingerprint density at radius 1 is 1.17 bits per heavy atom. The standard InChI is InChI=1S/C25H36F3N7O/c1-15(2)18-13-35(11-8-31-24(3,4)5)22(32-18)16-6-9-34(10-7-16)23-20-17(25(26,27)28)12-19(36)33-21(20)29-14-30-23/h13-17,31H,6-12H2,1-5H3,(H,29,30,33,36). The first kappa shape index (κ1) is 26.4. The molecule has 36 heavy (non-hydrogen) atoms. The van der Waals surface area contributed by atoms with Gasteiger partial charge in [-0.1, -0.05) is 13.8 Å². The Labute approximate surface area is 210 Å². The maximum Gasteiger partial charge on any atom is 0.396 e. The lowest BCUT2D eigenvalue weighted by molar-refractivity contribution is -0.156. The summed E-state index contributed by atoms with van der Waals surface area (Å²) in [5, 5.41) is 6.01. The molecule has 0 aliphatic carbocycles. The lowest BCUT2D eigenvalue weighted by Gasteiger charge is -2.36. The van der Waals surface area contributed by atoms with Crippen molar-refractivity contribution in [3.05, 3.63) is 29.6 Å². The molecule has 1 unspecified atom stereocenters. The number of nitrogens with zero attached hydrogens (tertiary/aromatic N) is 5. The van der Waals surface area contributed by atoms with Gasteiger partial charge in [-0.05, 0) is 39.5 Å². The molecule has 2 aromatic rings. The van der Waals surface area contributed by atoms with E-state index in [9.17, 15) is 18.0 Å². The van der Waals surface area contributed by atoms with E-state index in [1.54, 1.807) is 0 Å². The molecule has 0 spiro atoms. The Bertz CT molecular complexity index is 1080. The number of carbonyl (C=O) groups excluding carboxylic acids is 1. The average Bonchev–Trinajstić information content (AvgIpc) is 3.21. The van der Waals surface area contributed by atoms with Gasteiger partial charge in [0.15, 0.2) is 0 Å². The fourth-order valence-electron chi connectivity index (χ4n) is 4.94. The van der Waals surface area contributed by atoms with Crippen LogP contribution in [0.1, 0.15) is 88.7 Å². The normalized spacial score (nSPS) is 19.5. The van der Waals surface area contributed by atoms with Gasteiger partial charge >= 0.3 is 6.18 Å². The third-order valence-corrected chi connectivity index (χ3v) is 6.84. The zero-order valence-corrected chi connectivity index (χ0v) is 21.6. The molecule has 2 aromatic heterocycles. The summed E-state index contributed by atoms with van der Waals surface area (Å²) in [6.07, 6.45) is -0.335. The minimum Gasteiger partial charge on any atom is -0.356 e. The van der Waals surface area contributed by atoms with Gasteiger partial charge in [0.05, 0.1) is 17.2 Å². The number of piperidine rings is 1. The SMILES string of the molecule is CC(C)c1cn(CCNC(C)(C)C)c(C2CCN(c3ncnc4c3C(C(F)(F)F)CC(=O)N4)CC2)n1. The molecule has 11 heteroatoms. The van der Waals surface area contributed by atoms with Gasteiger partial charge < -0.3 is 20.1 Å². The van der Waals surface area contributed by atoms with Crippen LogP contribution < -0.4 is 15.5 Å². The zero-order chi connectivity index (χ0) is 26.3. The van der Waals surface area contributed by atoms with Crippen molar-refractivity contribution in [2.24, 2.45) is 0 Å². The summed E-state index contributed by atoms with van der Waals surface area (Å²) in [5.74, 6) is -0.800. The second-order valence-corrected chi connectivity index (χ2v) is 11.1. The quantitative estimate of drug-likeness (QED) is 0.596. The molecule has 0 aromatic carbocycles. The van der Waals surface area contributed by atoms with Crippen LogP contribution >= 0.6 is 0 Å². The fourth-order valence-corrected chi connectivity index (χ4v) is 4.94. The van der Waals surface area contributed by atoms with Gasteiger partial charge in [-0.15, -0.1) is 0 Å². The Morgan fingerprint density at radius 3 is 2.47 bits per heavy atom. The Morgan fingerprint density at radius 2 is 1.86 bits per heavy atom. The van der Waals surface area contributed by atoms with Crippen molar-refractivity contribution >= 4 is 17.5 Å². The number of imidazole rings is 1. The summed E-state index contributed by atoms with van der Waals surface area (Å²) in [5.41, 5.74) is 1.05. The molecule has 1 amide bonds. The van der Waals surface area contributed by atoms with Crippen molar-refractivity contribution in [2.75, 3.05) is 29.9 Å². The van der Waals surface area contributed by atoms with Crippen LogP contribution in [0.5, 0.6) is 0 Å². The third-order valence-electron chi connectivity index (χ3n) is 6.84. The van der Waals surface area contributed by atoms with Crippen LogP contribution in [0.15, 0.2) is 12.5 Å². The van der Waals surface area contributed by atoms with Gasteiger partial charge in [0.25, 0.3) is 0 Å². The predicted molar refractivity (Wildman–Crippen MR) is 132 cm³/mol. The van der Waals surface area contributed by atoms with Crippen molar-refractivity contribution in [3.8, 4) is 0 Å². The van der Waals surface area contributed by atoms with E-state index in [1.165, 1.54) is 6.33 Å². The highest BCUT2D eigenvalue weighted by Gasteiger charge is 2.48. The molecule has 0 radical (unpaired) electrons. The lowest BCUT2D eigenvalue weighted by Crippen LogP contribution is -2.39. The molecule has 4 heterocycles. The summed E-state index contributed by atoms with van der Waals surface area (Å²) in [6, 6.07) is 0. The molecular weight excluding hydrogens is 471 g/mol. The molecule has 0 saturated carbocycles. The number of alkyl halides is 3. The van der Waals surface area contributed by atoms with Gasteiger partial charge in [0.2, 0.25) is 5.91 Å². The number of hydrogen-bond donors (Lipinski definition) is 2. The van der Waals surface area contributed by atoms with Crippen molar-refractivity contribution in [3.63, 3.8) is 0 Å². The molecule has 4 rings (SSSR count).